The Bertz CT molecular complexity index is 413. The summed E-state index contributed by atoms with van der Waals surface area (Å²) in [6, 6.07) is 3.85. The Morgan fingerprint density at radius 1 is 1.33 bits per heavy atom. The Morgan fingerprint density at radius 3 is 2.33 bits per heavy atom. The molecule has 6 heteroatoms. The molecule has 0 fully saturated rings. The lowest BCUT2D eigenvalue weighted by atomic mass is 10.2. The maximum absolute atomic E-state index is 11.9. The van der Waals surface area contributed by atoms with Gasteiger partial charge in [-0.15, -0.1) is 0 Å². The molecule has 0 bridgehead atoms. The fourth-order valence-corrected chi connectivity index (χ4v) is 3.33. The van der Waals surface area contributed by atoms with Crippen molar-refractivity contribution in [1.82, 2.24) is 10.9 Å². The van der Waals surface area contributed by atoms with Gasteiger partial charge in [-0.25, -0.2) is 5.43 Å². The van der Waals surface area contributed by atoms with E-state index in [9.17, 15) is 4.79 Å². The molecule has 1 rings (SSSR count). The van der Waals surface area contributed by atoms with Crippen molar-refractivity contribution in [1.29, 1.82) is 0 Å². The van der Waals surface area contributed by atoms with Crippen molar-refractivity contribution in [3.8, 4) is 5.75 Å². The Balaban J connectivity index is 2.88. The number of halogens is 2. The van der Waals surface area contributed by atoms with Gasteiger partial charge in [0.1, 0.15) is 5.75 Å². The second kappa shape index (κ2) is 7.49. The van der Waals surface area contributed by atoms with Crippen LogP contribution >= 0.6 is 45.2 Å². The number of carbonyl (C=O) groups is 1. The van der Waals surface area contributed by atoms with E-state index >= 15 is 0 Å². The zero-order chi connectivity index (χ0) is 13.7. The summed E-state index contributed by atoms with van der Waals surface area (Å²) < 4.78 is 7.42. The highest BCUT2D eigenvalue weighted by Crippen LogP contribution is 2.28. The maximum Gasteiger partial charge on any atom is 0.265 e. The van der Waals surface area contributed by atoms with Crippen molar-refractivity contribution < 1.29 is 9.53 Å². The van der Waals surface area contributed by atoms with Crippen LogP contribution in [0, 0.1) is 7.14 Å². The molecule has 100 valence electrons. The minimum Gasteiger partial charge on any atom is -0.492 e. The summed E-state index contributed by atoms with van der Waals surface area (Å²) in [6.07, 6.45) is 0. The summed E-state index contributed by atoms with van der Waals surface area (Å²) in [4.78, 5) is 11.9. The van der Waals surface area contributed by atoms with Gasteiger partial charge in [0, 0.05) is 11.6 Å². The second-order valence-electron chi connectivity index (χ2n) is 3.96. The van der Waals surface area contributed by atoms with E-state index in [2.05, 4.69) is 56.0 Å². The Labute approximate surface area is 134 Å². The average molecular weight is 474 g/mol. The highest BCUT2D eigenvalue weighted by molar-refractivity contribution is 14.1. The number of ether oxygens (including phenoxy) is 1. The molecule has 1 aromatic carbocycles. The summed E-state index contributed by atoms with van der Waals surface area (Å²) in [5.74, 6) is 0.703. The van der Waals surface area contributed by atoms with E-state index in [1.165, 1.54) is 0 Å². The molecule has 0 saturated heterocycles. The van der Waals surface area contributed by atoms with Gasteiger partial charge in [-0.2, -0.15) is 0 Å². The second-order valence-corrected chi connectivity index (χ2v) is 6.28. The van der Waals surface area contributed by atoms with E-state index < -0.39 is 0 Å². The van der Waals surface area contributed by atoms with Gasteiger partial charge < -0.3 is 4.74 Å². The van der Waals surface area contributed by atoms with Gasteiger partial charge in [-0.05, 0) is 78.1 Å². The van der Waals surface area contributed by atoms with Crippen molar-refractivity contribution in [2.24, 2.45) is 0 Å². The zero-order valence-electron chi connectivity index (χ0n) is 10.5. The number of carbonyl (C=O) groups excluding carboxylic acids is 1. The van der Waals surface area contributed by atoms with Crippen LogP contribution in [-0.4, -0.2) is 18.6 Å². The molecular formula is C12H16I2N2O2. The highest BCUT2D eigenvalue weighted by atomic mass is 127. The molecule has 0 atom stereocenters. The number of hydrazine groups is 1. The van der Waals surface area contributed by atoms with Crippen molar-refractivity contribution in [3.05, 3.63) is 24.8 Å². The molecule has 2 N–H and O–H groups in total. The minimum atomic E-state index is -0.136. The summed E-state index contributed by atoms with van der Waals surface area (Å²) in [5.41, 5.74) is 6.18. The van der Waals surface area contributed by atoms with E-state index in [1.807, 2.05) is 32.9 Å². The number of nitrogens with one attached hydrogen (secondary N) is 2. The molecule has 18 heavy (non-hydrogen) atoms. The number of hydrogen-bond acceptors (Lipinski definition) is 3. The van der Waals surface area contributed by atoms with Crippen molar-refractivity contribution in [3.63, 3.8) is 0 Å². The predicted octanol–water partition coefficient (Wildman–Crippen LogP) is 2.94. The molecular weight excluding hydrogens is 458 g/mol. The third kappa shape index (κ3) is 4.54. The molecule has 0 aromatic heterocycles. The van der Waals surface area contributed by atoms with Gasteiger partial charge in [0.05, 0.1) is 13.7 Å². The third-order valence-electron chi connectivity index (χ3n) is 2.02. The van der Waals surface area contributed by atoms with Crippen molar-refractivity contribution in [2.75, 3.05) is 6.61 Å². The van der Waals surface area contributed by atoms with Crippen LogP contribution in [0.15, 0.2) is 12.1 Å². The van der Waals surface area contributed by atoms with E-state index in [0.717, 1.165) is 12.9 Å². The molecule has 0 unspecified atom stereocenters. The first-order valence-electron chi connectivity index (χ1n) is 5.63. The van der Waals surface area contributed by atoms with Gasteiger partial charge in [0.15, 0.2) is 0 Å². The lowest BCUT2D eigenvalue weighted by Gasteiger charge is -2.13. The first-order valence-corrected chi connectivity index (χ1v) is 7.79. The van der Waals surface area contributed by atoms with E-state index in [0.29, 0.717) is 12.2 Å². The Kier molecular flexibility index (Phi) is 6.64. The van der Waals surface area contributed by atoms with Crippen LogP contribution in [-0.2, 0) is 0 Å². The van der Waals surface area contributed by atoms with Gasteiger partial charge in [0.2, 0.25) is 0 Å². The lowest BCUT2D eigenvalue weighted by Crippen LogP contribution is -2.41. The SMILES string of the molecule is CCOc1c(I)cc(C(=O)NNC(C)C)cc1I. The lowest BCUT2D eigenvalue weighted by molar-refractivity contribution is 0.0927. The number of benzene rings is 1. The van der Waals surface area contributed by atoms with Gasteiger partial charge in [0.25, 0.3) is 5.91 Å². The summed E-state index contributed by atoms with van der Waals surface area (Å²) >= 11 is 4.36. The van der Waals surface area contributed by atoms with Crippen molar-refractivity contribution >= 4 is 51.1 Å². The molecule has 0 aliphatic heterocycles. The zero-order valence-corrected chi connectivity index (χ0v) is 14.8. The molecule has 0 spiro atoms. The largest absolute Gasteiger partial charge is 0.492 e. The summed E-state index contributed by atoms with van der Waals surface area (Å²) in [5, 5.41) is 0. The fraction of sp³-hybridized carbons (Fsp3) is 0.417. The topological polar surface area (TPSA) is 50.4 Å². The quantitative estimate of drug-likeness (QED) is 0.510. The third-order valence-corrected chi connectivity index (χ3v) is 3.63. The maximum atomic E-state index is 11.9. The first-order chi connectivity index (χ1) is 8.45. The molecule has 4 nitrogen and oxygen atoms in total. The molecule has 0 heterocycles. The molecule has 1 amide bonds. The van der Waals surface area contributed by atoms with Gasteiger partial charge in [-0.3, -0.25) is 10.2 Å². The Hall–Kier alpha value is -0.0900. The number of rotatable bonds is 5. The van der Waals surface area contributed by atoms with Crippen LogP contribution in [0.3, 0.4) is 0 Å². The fourth-order valence-electron chi connectivity index (χ4n) is 1.26. The summed E-state index contributed by atoms with van der Waals surface area (Å²) in [6.45, 7) is 6.49. The molecule has 0 aliphatic carbocycles. The van der Waals surface area contributed by atoms with Gasteiger partial charge >= 0.3 is 0 Å². The number of hydrogen-bond donors (Lipinski definition) is 2. The van der Waals surface area contributed by atoms with E-state index in [1.54, 1.807) is 0 Å². The van der Waals surface area contributed by atoms with Crippen LogP contribution in [0.4, 0.5) is 0 Å². The van der Waals surface area contributed by atoms with E-state index in [-0.39, 0.29) is 11.9 Å². The number of amides is 1. The standard InChI is InChI=1S/C12H16I2N2O2/c1-4-18-11-9(13)5-8(6-10(11)14)12(17)16-15-7(2)3/h5-7,15H,4H2,1-3H3,(H,16,17). The van der Waals surface area contributed by atoms with Crippen LogP contribution in [0.2, 0.25) is 0 Å². The average Bonchev–Trinajstić information content (AvgIpc) is 2.30. The first kappa shape index (κ1) is 16.0. The molecule has 0 saturated carbocycles. The van der Waals surface area contributed by atoms with Crippen molar-refractivity contribution in [2.45, 2.75) is 26.8 Å². The smallest absolute Gasteiger partial charge is 0.265 e. The molecule has 1 aromatic rings. The summed E-state index contributed by atoms with van der Waals surface area (Å²) in [7, 11) is 0. The normalized spacial score (nSPS) is 10.6. The van der Waals surface area contributed by atoms with Crippen LogP contribution in [0.5, 0.6) is 5.75 Å². The predicted molar refractivity (Wildman–Crippen MR) is 88.8 cm³/mol. The highest BCUT2D eigenvalue weighted by Gasteiger charge is 2.13. The van der Waals surface area contributed by atoms with Crippen LogP contribution in [0.25, 0.3) is 0 Å². The molecule has 0 radical (unpaired) electrons. The van der Waals surface area contributed by atoms with Crippen LogP contribution in [0.1, 0.15) is 31.1 Å². The van der Waals surface area contributed by atoms with Gasteiger partial charge in [-0.1, -0.05) is 0 Å². The molecule has 0 aliphatic rings. The van der Waals surface area contributed by atoms with E-state index in [4.69, 9.17) is 4.74 Å². The van der Waals surface area contributed by atoms with Crippen LogP contribution < -0.4 is 15.6 Å². The minimum absolute atomic E-state index is 0.136. The monoisotopic (exact) mass is 474 g/mol. The Morgan fingerprint density at radius 2 is 1.89 bits per heavy atom.